The number of benzene rings is 1. The standard InChI is InChI=1S/C21H21N5O2S.ClH/c1-15-12-22-26(13-15)14-16-6-7-18(28-16)21(27)25-10-8-24(9-11-25)20-17-4-2-3-5-19(17)29-23-20;/h2-7,12-13H,8-11,14H2,1H3;1H. The molecule has 0 bridgehead atoms. The number of piperazine rings is 1. The molecular formula is C21H22ClN5O2S. The summed E-state index contributed by atoms with van der Waals surface area (Å²) in [5, 5.41) is 5.44. The molecule has 5 rings (SSSR count). The first-order chi connectivity index (χ1) is 14.2. The Morgan fingerprint density at radius 2 is 1.93 bits per heavy atom. The zero-order valence-corrected chi connectivity index (χ0v) is 18.2. The smallest absolute Gasteiger partial charge is 0.289 e. The van der Waals surface area contributed by atoms with Crippen LogP contribution in [0.3, 0.4) is 0 Å². The van der Waals surface area contributed by atoms with Gasteiger partial charge in [-0.25, -0.2) is 0 Å². The number of hydrogen-bond acceptors (Lipinski definition) is 6. The highest BCUT2D eigenvalue weighted by Gasteiger charge is 2.26. The summed E-state index contributed by atoms with van der Waals surface area (Å²) in [5.41, 5.74) is 1.10. The van der Waals surface area contributed by atoms with E-state index in [2.05, 4.69) is 26.5 Å². The Labute approximate surface area is 184 Å². The summed E-state index contributed by atoms with van der Waals surface area (Å²) in [7, 11) is 0. The molecule has 1 amide bonds. The van der Waals surface area contributed by atoms with Crippen LogP contribution >= 0.6 is 23.9 Å². The zero-order chi connectivity index (χ0) is 19.8. The predicted octanol–water partition coefficient (Wildman–Crippen LogP) is 3.83. The van der Waals surface area contributed by atoms with Crippen LogP contribution in [0.15, 0.2) is 53.2 Å². The number of hydrogen-bond donors (Lipinski definition) is 0. The molecule has 0 aliphatic carbocycles. The molecule has 156 valence electrons. The number of rotatable bonds is 4. The summed E-state index contributed by atoms with van der Waals surface area (Å²) in [5.74, 6) is 2.07. The third-order valence-corrected chi connectivity index (χ3v) is 5.99. The van der Waals surface area contributed by atoms with Crippen molar-refractivity contribution in [1.29, 1.82) is 0 Å². The number of fused-ring (bicyclic) bond motifs is 1. The van der Waals surface area contributed by atoms with Crippen LogP contribution in [0.25, 0.3) is 10.1 Å². The Bertz CT molecular complexity index is 1160. The van der Waals surface area contributed by atoms with E-state index in [1.165, 1.54) is 21.6 Å². The maximum Gasteiger partial charge on any atom is 0.289 e. The third kappa shape index (κ3) is 3.93. The molecule has 1 aromatic carbocycles. The molecule has 0 unspecified atom stereocenters. The van der Waals surface area contributed by atoms with E-state index in [9.17, 15) is 4.79 Å². The van der Waals surface area contributed by atoms with E-state index in [-0.39, 0.29) is 18.3 Å². The van der Waals surface area contributed by atoms with Gasteiger partial charge < -0.3 is 14.2 Å². The van der Waals surface area contributed by atoms with E-state index in [0.717, 1.165) is 30.2 Å². The van der Waals surface area contributed by atoms with Crippen molar-refractivity contribution in [2.75, 3.05) is 31.1 Å². The van der Waals surface area contributed by atoms with Crippen LogP contribution in [0.2, 0.25) is 0 Å². The molecule has 0 atom stereocenters. The fraction of sp³-hybridized carbons (Fsp3) is 0.286. The monoisotopic (exact) mass is 443 g/mol. The summed E-state index contributed by atoms with van der Waals surface area (Å²) in [4.78, 5) is 17.0. The van der Waals surface area contributed by atoms with Crippen molar-refractivity contribution in [2.24, 2.45) is 0 Å². The minimum atomic E-state index is -0.0596. The predicted molar refractivity (Wildman–Crippen MR) is 120 cm³/mol. The summed E-state index contributed by atoms with van der Waals surface area (Å²) in [6.45, 7) is 5.35. The average Bonchev–Trinajstić information content (AvgIpc) is 3.48. The molecule has 7 nitrogen and oxygen atoms in total. The largest absolute Gasteiger partial charge is 0.454 e. The quantitative estimate of drug-likeness (QED) is 0.479. The number of amides is 1. The van der Waals surface area contributed by atoms with E-state index in [0.29, 0.717) is 25.4 Å². The van der Waals surface area contributed by atoms with Crippen LogP contribution in [-0.2, 0) is 6.54 Å². The zero-order valence-electron chi connectivity index (χ0n) is 16.5. The number of nitrogens with zero attached hydrogens (tertiary/aromatic N) is 5. The minimum Gasteiger partial charge on any atom is -0.454 e. The van der Waals surface area contributed by atoms with Crippen molar-refractivity contribution in [3.63, 3.8) is 0 Å². The summed E-state index contributed by atoms with van der Waals surface area (Å²) < 4.78 is 13.4. The van der Waals surface area contributed by atoms with Gasteiger partial charge >= 0.3 is 0 Å². The van der Waals surface area contributed by atoms with Gasteiger partial charge in [-0.15, -0.1) is 12.4 Å². The van der Waals surface area contributed by atoms with Gasteiger partial charge in [0.2, 0.25) is 0 Å². The Balaban J connectivity index is 0.00000218. The molecule has 0 radical (unpaired) electrons. The van der Waals surface area contributed by atoms with Crippen LogP contribution in [0.4, 0.5) is 5.82 Å². The first-order valence-corrected chi connectivity index (χ1v) is 10.4. The van der Waals surface area contributed by atoms with Crippen molar-refractivity contribution >= 4 is 45.8 Å². The van der Waals surface area contributed by atoms with Crippen LogP contribution in [0.5, 0.6) is 0 Å². The molecule has 9 heteroatoms. The average molecular weight is 444 g/mol. The fourth-order valence-electron chi connectivity index (χ4n) is 3.67. The highest BCUT2D eigenvalue weighted by atomic mass is 35.5. The number of aryl methyl sites for hydroxylation is 1. The van der Waals surface area contributed by atoms with Gasteiger partial charge in [-0.3, -0.25) is 9.48 Å². The van der Waals surface area contributed by atoms with Gasteiger partial charge in [-0.05, 0) is 48.3 Å². The molecule has 1 aliphatic rings. The first-order valence-electron chi connectivity index (χ1n) is 9.64. The highest BCUT2D eigenvalue weighted by molar-refractivity contribution is 7.13. The van der Waals surface area contributed by atoms with E-state index < -0.39 is 0 Å². The number of carbonyl (C=O) groups excluding carboxylic acids is 1. The molecule has 0 spiro atoms. The topological polar surface area (TPSA) is 67.4 Å². The number of aromatic nitrogens is 3. The molecule has 4 heterocycles. The highest BCUT2D eigenvalue weighted by Crippen LogP contribution is 2.30. The maximum atomic E-state index is 12.9. The number of halogens is 1. The fourth-order valence-corrected chi connectivity index (χ4v) is 4.46. The number of carbonyl (C=O) groups is 1. The van der Waals surface area contributed by atoms with Crippen molar-refractivity contribution in [3.05, 3.63) is 65.9 Å². The molecule has 1 aliphatic heterocycles. The van der Waals surface area contributed by atoms with Crippen molar-refractivity contribution in [3.8, 4) is 0 Å². The lowest BCUT2D eigenvalue weighted by Gasteiger charge is -2.34. The van der Waals surface area contributed by atoms with Gasteiger partial charge in [-0.1, -0.05) is 12.1 Å². The maximum absolute atomic E-state index is 12.9. The van der Waals surface area contributed by atoms with Crippen molar-refractivity contribution in [2.45, 2.75) is 13.5 Å². The summed E-state index contributed by atoms with van der Waals surface area (Å²) >= 11 is 1.52. The molecule has 30 heavy (non-hydrogen) atoms. The Kier molecular flexibility index (Phi) is 5.78. The van der Waals surface area contributed by atoms with Crippen molar-refractivity contribution < 1.29 is 9.21 Å². The van der Waals surface area contributed by atoms with Crippen LogP contribution in [0.1, 0.15) is 21.9 Å². The third-order valence-electron chi connectivity index (χ3n) is 5.18. The normalized spacial score (nSPS) is 14.2. The van der Waals surface area contributed by atoms with Crippen LogP contribution in [0, 0.1) is 6.92 Å². The first kappa shape index (κ1) is 20.4. The molecule has 1 fully saturated rings. The molecule has 4 aromatic rings. The van der Waals surface area contributed by atoms with Gasteiger partial charge in [0.15, 0.2) is 5.76 Å². The van der Waals surface area contributed by atoms with Gasteiger partial charge in [0, 0.05) is 37.8 Å². The van der Waals surface area contributed by atoms with E-state index in [1.54, 1.807) is 16.9 Å². The summed E-state index contributed by atoms with van der Waals surface area (Å²) in [6, 6.07) is 11.9. The number of furan rings is 1. The molecule has 0 N–H and O–H groups in total. The van der Waals surface area contributed by atoms with Crippen LogP contribution < -0.4 is 4.90 Å². The van der Waals surface area contributed by atoms with Gasteiger partial charge in [0.05, 0.1) is 17.4 Å². The van der Waals surface area contributed by atoms with E-state index in [4.69, 9.17) is 4.42 Å². The Hall–Kier alpha value is -2.84. The second-order valence-electron chi connectivity index (χ2n) is 7.26. The van der Waals surface area contributed by atoms with Gasteiger partial charge in [-0.2, -0.15) is 9.47 Å². The van der Waals surface area contributed by atoms with Crippen LogP contribution in [-0.4, -0.2) is 51.1 Å². The SMILES string of the molecule is Cc1cnn(Cc2ccc(C(=O)N3CCN(c4nsc5ccccc45)CC3)o2)c1.Cl. The van der Waals surface area contributed by atoms with Gasteiger partial charge in [0.25, 0.3) is 5.91 Å². The van der Waals surface area contributed by atoms with Gasteiger partial charge in [0.1, 0.15) is 11.6 Å². The Morgan fingerprint density at radius 1 is 1.13 bits per heavy atom. The molecule has 3 aromatic heterocycles. The number of anilines is 1. The lowest BCUT2D eigenvalue weighted by Crippen LogP contribution is -2.48. The van der Waals surface area contributed by atoms with E-state index >= 15 is 0 Å². The minimum absolute atomic E-state index is 0. The molecular weight excluding hydrogens is 422 g/mol. The Morgan fingerprint density at radius 3 is 2.70 bits per heavy atom. The lowest BCUT2D eigenvalue weighted by molar-refractivity contribution is 0.0712. The van der Waals surface area contributed by atoms with E-state index in [1.807, 2.05) is 36.2 Å². The van der Waals surface area contributed by atoms with Crippen molar-refractivity contribution in [1.82, 2.24) is 19.1 Å². The lowest BCUT2D eigenvalue weighted by atomic mass is 10.2. The molecule has 1 saturated heterocycles. The molecule has 0 saturated carbocycles. The second kappa shape index (κ2) is 8.49. The second-order valence-corrected chi connectivity index (χ2v) is 8.07. The summed E-state index contributed by atoms with van der Waals surface area (Å²) in [6.07, 6.45) is 3.76.